The van der Waals surface area contributed by atoms with Crippen molar-refractivity contribution in [2.75, 3.05) is 0 Å². The first kappa shape index (κ1) is 14.8. The van der Waals surface area contributed by atoms with Crippen molar-refractivity contribution in [3.63, 3.8) is 0 Å². The predicted octanol–water partition coefficient (Wildman–Crippen LogP) is 9.59. The van der Waals surface area contributed by atoms with E-state index in [9.17, 15) is 0 Å². The minimum Gasteiger partial charge on any atom is -0.0610 e. The van der Waals surface area contributed by atoms with Gasteiger partial charge in [-0.05, 0) is 120 Å². The van der Waals surface area contributed by atoms with Crippen LogP contribution in [0.15, 0.2) is 66.7 Å². The highest BCUT2D eigenvalue weighted by Gasteiger charge is 2.32. The number of hydrogen-bond acceptors (Lipinski definition) is 0. The second-order valence-corrected chi connectivity index (χ2v) is 10.4. The van der Waals surface area contributed by atoms with Gasteiger partial charge in [-0.25, -0.2) is 0 Å². The van der Waals surface area contributed by atoms with Crippen molar-refractivity contribution in [3.05, 3.63) is 72.3 Å². The Balaban J connectivity index is 1.81. The monoisotopic (exact) mass is 410 g/mol. The number of benzene rings is 8. The average Bonchev–Trinajstić information content (AvgIpc) is 3.48. The van der Waals surface area contributed by atoms with E-state index in [0.29, 0.717) is 0 Å². The molecule has 0 heterocycles. The zero-order valence-corrected chi connectivity index (χ0v) is 17.9. The Kier molecular flexibility index (Phi) is 1.85. The van der Waals surface area contributed by atoms with Crippen molar-refractivity contribution in [2.24, 2.45) is 0 Å². The van der Waals surface area contributed by atoms with Crippen LogP contribution in [0.2, 0.25) is 0 Å². The Morgan fingerprint density at radius 2 is 0.788 bits per heavy atom. The van der Waals surface area contributed by atoms with Crippen LogP contribution in [-0.2, 0) is 0 Å². The molecule has 11 aromatic rings. The van der Waals surface area contributed by atoms with Crippen LogP contribution in [0.5, 0.6) is 0 Å². The molecule has 11 aromatic carbocycles. The molecule has 0 spiro atoms. The Hall–Kier alpha value is -4.16. The molecule has 0 nitrogen and oxygen atoms in total. The van der Waals surface area contributed by atoms with E-state index in [1.54, 1.807) is 0 Å². The summed E-state index contributed by atoms with van der Waals surface area (Å²) in [6.45, 7) is 2.32. The van der Waals surface area contributed by atoms with Gasteiger partial charge < -0.3 is 0 Å². The zero-order chi connectivity index (χ0) is 20.9. The van der Waals surface area contributed by atoms with Gasteiger partial charge in [-0.2, -0.15) is 0 Å². The van der Waals surface area contributed by atoms with Crippen molar-refractivity contribution in [1.82, 2.24) is 0 Å². The lowest BCUT2D eigenvalue weighted by molar-refractivity contribution is 1.59. The molecule has 0 aliphatic heterocycles. The third-order valence-corrected chi connectivity index (χ3v) is 9.23. The van der Waals surface area contributed by atoms with Gasteiger partial charge in [-0.15, -0.1) is 0 Å². The van der Waals surface area contributed by atoms with Crippen LogP contribution in [0.4, 0.5) is 0 Å². The molecular weight excluding hydrogens is 396 g/mol. The molecule has 0 aromatic heterocycles. The number of fused-ring (bicyclic) bond motifs is 4. The second-order valence-electron chi connectivity index (χ2n) is 10.4. The maximum Gasteiger partial charge on any atom is -0.0000251 e. The Bertz CT molecular complexity index is 2540. The van der Waals surface area contributed by atoms with Crippen molar-refractivity contribution < 1.29 is 0 Å². The smallest absolute Gasteiger partial charge is 0.0000251 e. The maximum absolute atomic E-state index is 2.48. The average molecular weight is 410 g/mol. The van der Waals surface area contributed by atoms with Crippen LogP contribution in [0.25, 0.3) is 108 Å². The van der Waals surface area contributed by atoms with Gasteiger partial charge in [0.2, 0.25) is 0 Å². The van der Waals surface area contributed by atoms with Gasteiger partial charge in [0.15, 0.2) is 0 Å². The maximum atomic E-state index is 2.48. The van der Waals surface area contributed by atoms with E-state index in [1.807, 2.05) is 0 Å². The first-order valence-corrected chi connectivity index (χ1v) is 11.9. The normalized spacial score (nSPS) is 14.2. The SMILES string of the molecule is Cc1cc2c3cccc4c5ccc6ccc7c8cccc9c1c1c2c(c34)c2c5c6c7c2c1c89. The first-order valence-electron chi connectivity index (χ1n) is 11.9. The quantitative estimate of drug-likeness (QED) is 0.218. The molecular formula is C33H14. The molecule has 0 bridgehead atoms. The van der Waals surface area contributed by atoms with Gasteiger partial charge in [0.05, 0.1) is 0 Å². The van der Waals surface area contributed by atoms with Gasteiger partial charge in [0, 0.05) is 0 Å². The van der Waals surface area contributed by atoms with Crippen LogP contribution in [0, 0.1) is 6.92 Å². The second kappa shape index (κ2) is 4.11. The minimum atomic E-state index is 1.37. The number of hydrogen-bond donors (Lipinski definition) is 0. The molecule has 0 fully saturated rings. The van der Waals surface area contributed by atoms with Crippen LogP contribution in [0.3, 0.4) is 0 Å². The summed E-state index contributed by atoms with van der Waals surface area (Å²) in [7, 11) is 0. The molecule has 0 aliphatic rings. The molecule has 0 amide bonds. The van der Waals surface area contributed by atoms with Gasteiger partial charge in [0.25, 0.3) is 0 Å². The molecule has 0 N–H and O–H groups in total. The lowest BCUT2D eigenvalue weighted by Gasteiger charge is -2.11. The fourth-order valence-corrected chi connectivity index (χ4v) is 8.30. The van der Waals surface area contributed by atoms with Crippen LogP contribution >= 0.6 is 0 Å². The van der Waals surface area contributed by atoms with Gasteiger partial charge in [0.1, 0.15) is 0 Å². The summed E-state index contributed by atoms with van der Waals surface area (Å²) in [5.41, 5.74) is 1.41. The lowest BCUT2D eigenvalue weighted by Crippen LogP contribution is -1.83. The van der Waals surface area contributed by atoms with E-state index in [1.165, 1.54) is 113 Å². The Morgan fingerprint density at radius 3 is 1.48 bits per heavy atom. The third-order valence-electron chi connectivity index (χ3n) is 9.23. The molecule has 0 saturated carbocycles. The van der Waals surface area contributed by atoms with E-state index >= 15 is 0 Å². The van der Waals surface area contributed by atoms with E-state index in [4.69, 9.17) is 0 Å². The summed E-state index contributed by atoms with van der Waals surface area (Å²) in [4.78, 5) is 0. The summed E-state index contributed by atoms with van der Waals surface area (Å²) in [5.74, 6) is 0. The summed E-state index contributed by atoms with van der Waals surface area (Å²) in [5, 5.41) is 29.4. The molecule has 11 rings (SSSR count). The molecule has 0 saturated heterocycles. The van der Waals surface area contributed by atoms with Crippen LogP contribution in [-0.4, -0.2) is 0 Å². The first-order chi connectivity index (χ1) is 16.3. The van der Waals surface area contributed by atoms with Crippen molar-refractivity contribution >= 4 is 108 Å². The zero-order valence-electron chi connectivity index (χ0n) is 17.9. The Morgan fingerprint density at radius 1 is 0.333 bits per heavy atom. The Labute approximate surface area is 186 Å². The van der Waals surface area contributed by atoms with Gasteiger partial charge in [-0.3, -0.25) is 0 Å². The summed E-state index contributed by atoms with van der Waals surface area (Å²) < 4.78 is 0. The highest BCUT2D eigenvalue weighted by molar-refractivity contribution is 6.62. The molecule has 0 atom stereocenters. The number of rotatable bonds is 0. The largest absolute Gasteiger partial charge is 0.0610 e. The molecule has 0 radical (unpaired) electrons. The molecule has 0 heteroatoms. The van der Waals surface area contributed by atoms with Crippen molar-refractivity contribution in [1.29, 1.82) is 0 Å². The van der Waals surface area contributed by atoms with E-state index in [0.717, 1.165) is 0 Å². The van der Waals surface area contributed by atoms with Crippen molar-refractivity contribution in [3.8, 4) is 0 Å². The fraction of sp³-hybridized carbons (Fsp3) is 0.0303. The lowest BCUT2D eigenvalue weighted by atomic mass is 9.90. The topological polar surface area (TPSA) is 0 Å². The van der Waals surface area contributed by atoms with E-state index < -0.39 is 0 Å². The fourth-order valence-electron chi connectivity index (χ4n) is 8.30. The summed E-state index contributed by atoms with van der Waals surface area (Å²) >= 11 is 0. The van der Waals surface area contributed by atoms with Gasteiger partial charge >= 0.3 is 0 Å². The third kappa shape index (κ3) is 1.17. The predicted molar refractivity (Wildman–Crippen MR) is 145 cm³/mol. The highest BCUT2D eigenvalue weighted by atomic mass is 14.3. The van der Waals surface area contributed by atoms with Crippen LogP contribution < -0.4 is 0 Å². The van der Waals surface area contributed by atoms with Gasteiger partial charge in [-0.1, -0.05) is 66.7 Å². The van der Waals surface area contributed by atoms with Crippen molar-refractivity contribution in [2.45, 2.75) is 6.92 Å². The molecule has 146 valence electrons. The minimum absolute atomic E-state index is 1.37. The van der Waals surface area contributed by atoms with Crippen LogP contribution in [0.1, 0.15) is 5.56 Å². The standard InChI is InChI=1S/C33H14/c1-13-12-21-17-6-2-4-15-18-10-8-14-9-11-19-16-5-3-7-20-22(13)29-28(21)30(24(15)17)32-26(18)23(14)27(19)33(32)31(29)25(16)20/h2-12H,1H3. The van der Waals surface area contributed by atoms with E-state index in [2.05, 4.69) is 73.7 Å². The summed E-state index contributed by atoms with van der Waals surface area (Å²) in [6, 6.07) is 25.9. The highest BCUT2D eigenvalue weighted by Crippen LogP contribution is 2.61. The molecule has 0 aliphatic carbocycles. The summed E-state index contributed by atoms with van der Waals surface area (Å²) in [6.07, 6.45) is 0. The van der Waals surface area contributed by atoms with E-state index in [-0.39, 0.29) is 0 Å². The molecule has 0 unspecified atom stereocenters. The number of aryl methyl sites for hydroxylation is 1. The molecule has 33 heavy (non-hydrogen) atoms.